The molecule has 21 heavy (non-hydrogen) atoms. The lowest BCUT2D eigenvalue weighted by atomic mass is 9.92. The predicted octanol–water partition coefficient (Wildman–Crippen LogP) is 2.59. The molecule has 116 valence electrons. The fourth-order valence-corrected chi connectivity index (χ4v) is 2.98. The van der Waals surface area contributed by atoms with Crippen LogP contribution in [0.25, 0.3) is 0 Å². The van der Waals surface area contributed by atoms with E-state index in [4.69, 9.17) is 5.73 Å². The first-order valence-electron chi connectivity index (χ1n) is 7.93. The Morgan fingerprint density at radius 2 is 2.24 bits per heavy atom. The zero-order chi connectivity index (χ0) is 15.2. The minimum Gasteiger partial charge on any atom is -0.326 e. The van der Waals surface area contributed by atoms with E-state index in [-0.39, 0.29) is 5.91 Å². The highest BCUT2D eigenvalue weighted by Crippen LogP contribution is 2.22. The number of anilines is 1. The first kappa shape index (κ1) is 16.0. The number of piperidine rings is 1. The molecule has 0 saturated carbocycles. The molecule has 1 aromatic rings. The summed E-state index contributed by atoms with van der Waals surface area (Å²) in [5.41, 5.74) is 7.48. The molecule has 1 aliphatic rings. The van der Waals surface area contributed by atoms with Gasteiger partial charge in [0, 0.05) is 31.2 Å². The third kappa shape index (κ3) is 4.55. The maximum Gasteiger partial charge on any atom is 0.225 e. The van der Waals surface area contributed by atoms with Crippen LogP contribution in [0.15, 0.2) is 24.3 Å². The number of rotatable bonds is 5. The summed E-state index contributed by atoms with van der Waals surface area (Å²) in [5, 5.41) is 2.96. The van der Waals surface area contributed by atoms with Crippen LogP contribution in [0.5, 0.6) is 0 Å². The Morgan fingerprint density at radius 1 is 1.43 bits per heavy atom. The van der Waals surface area contributed by atoms with E-state index < -0.39 is 0 Å². The standard InChI is InChI=1S/C17H27N3O/c1-13-5-4-9-20(14(13)2)10-8-17(21)19-16-7-3-6-15(11-16)12-18/h3,6-7,11,13-14H,4-5,8-10,12,18H2,1-2H3,(H,19,21). The van der Waals surface area contributed by atoms with Crippen molar-refractivity contribution in [3.8, 4) is 0 Å². The molecule has 2 atom stereocenters. The van der Waals surface area contributed by atoms with Gasteiger partial charge in [0.1, 0.15) is 0 Å². The number of nitrogens with one attached hydrogen (secondary N) is 1. The number of hydrogen-bond donors (Lipinski definition) is 2. The van der Waals surface area contributed by atoms with Crippen molar-refractivity contribution in [2.24, 2.45) is 11.7 Å². The molecule has 0 spiro atoms. The number of carbonyl (C=O) groups excluding carboxylic acids is 1. The molecule has 0 aromatic heterocycles. The summed E-state index contributed by atoms with van der Waals surface area (Å²) in [6.07, 6.45) is 3.09. The van der Waals surface area contributed by atoms with Crippen molar-refractivity contribution in [2.45, 2.75) is 45.7 Å². The van der Waals surface area contributed by atoms with Crippen LogP contribution >= 0.6 is 0 Å². The molecule has 0 aliphatic carbocycles. The van der Waals surface area contributed by atoms with E-state index in [1.165, 1.54) is 12.8 Å². The number of hydrogen-bond acceptors (Lipinski definition) is 3. The van der Waals surface area contributed by atoms with E-state index in [1.807, 2.05) is 24.3 Å². The van der Waals surface area contributed by atoms with Crippen molar-refractivity contribution in [3.05, 3.63) is 29.8 Å². The summed E-state index contributed by atoms with van der Waals surface area (Å²) < 4.78 is 0. The highest BCUT2D eigenvalue weighted by Gasteiger charge is 2.24. The molecule has 1 aliphatic heterocycles. The number of benzene rings is 1. The van der Waals surface area contributed by atoms with E-state index in [2.05, 4.69) is 24.1 Å². The monoisotopic (exact) mass is 289 g/mol. The van der Waals surface area contributed by atoms with E-state index in [9.17, 15) is 4.79 Å². The zero-order valence-electron chi connectivity index (χ0n) is 13.1. The van der Waals surface area contributed by atoms with Crippen LogP contribution in [-0.2, 0) is 11.3 Å². The Balaban J connectivity index is 1.81. The first-order chi connectivity index (χ1) is 10.1. The molecule has 4 nitrogen and oxygen atoms in total. The lowest BCUT2D eigenvalue weighted by Crippen LogP contribution is -2.43. The first-order valence-corrected chi connectivity index (χ1v) is 7.93. The van der Waals surface area contributed by atoms with Gasteiger partial charge >= 0.3 is 0 Å². The number of carbonyl (C=O) groups is 1. The second-order valence-corrected chi connectivity index (χ2v) is 6.10. The maximum atomic E-state index is 12.1. The molecule has 4 heteroatoms. The molecule has 0 bridgehead atoms. The average Bonchev–Trinajstić information content (AvgIpc) is 2.49. The van der Waals surface area contributed by atoms with Crippen LogP contribution in [0.4, 0.5) is 5.69 Å². The normalized spacial score (nSPS) is 23.0. The Bertz CT molecular complexity index is 475. The molecule has 2 rings (SSSR count). The van der Waals surface area contributed by atoms with Crippen molar-refractivity contribution in [1.29, 1.82) is 0 Å². The molecule has 1 aromatic carbocycles. The van der Waals surface area contributed by atoms with E-state index in [0.29, 0.717) is 19.0 Å². The number of nitrogens with two attached hydrogens (primary N) is 1. The van der Waals surface area contributed by atoms with Gasteiger partial charge in [0.25, 0.3) is 0 Å². The largest absolute Gasteiger partial charge is 0.326 e. The Hall–Kier alpha value is -1.39. The van der Waals surface area contributed by atoms with Gasteiger partial charge < -0.3 is 11.1 Å². The van der Waals surface area contributed by atoms with Gasteiger partial charge in [-0.3, -0.25) is 9.69 Å². The fraction of sp³-hybridized carbons (Fsp3) is 0.588. The van der Waals surface area contributed by atoms with Gasteiger partial charge in [0.2, 0.25) is 5.91 Å². The van der Waals surface area contributed by atoms with Gasteiger partial charge in [-0.05, 0) is 49.9 Å². The molecule has 2 unspecified atom stereocenters. The summed E-state index contributed by atoms with van der Waals surface area (Å²) in [4.78, 5) is 14.5. The van der Waals surface area contributed by atoms with Crippen LogP contribution < -0.4 is 11.1 Å². The minimum atomic E-state index is 0.0783. The molecule has 3 N–H and O–H groups in total. The van der Waals surface area contributed by atoms with Crippen molar-refractivity contribution in [1.82, 2.24) is 4.90 Å². The maximum absolute atomic E-state index is 12.1. The number of likely N-dealkylation sites (tertiary alicyclic amines) is 1. The molecule has 1 fully saturated rings. The predicted molar refractivity (Wildman–Crippen MR) is 87.0 cm³/mol. The van der Waals surface area contributed by atoms with Crippen LogP contribution in [-0.4, -0.2) is 29.9 Å². The van der Waals surface area contributed by atoms with Gasteiger partial charge in [-0.15, -0.1) is 0 Å². The van der Waals surface area contributed by atoms with Gasteiger partial charge in [-0.25, -0.2) is 0 Å². The van der Waals surface area contributed by atoms with Crippen LogP contribution in [0.3, 0.4) is 0 Å². The summed E-state index contributed by atoms with van der Waals surface area (Å²) in [5.74, 6) is 0.803. The Kier molecular flexibility index (Phi) is 5.76. The average molecular weight is 289 g/mol. The lowest BCUT2D eigenvalue weighted by molar-refractivity contribution is -0.116. The Labute approximate surface area is 127 Å². The number of nitrogens with zero attached hydrogens (tertiary/aromatic N) is 1. The van der Waals surface area contributed by atoms with Gasteiger partial charge in [0.15, 0.2) is 0 Å². The van der Waals surface area contributed by atoms with Crippen LogP contribution in [0.1, 0.15) is 38.7 Å². The number of amides is 1. The van der Waals surface area contributed by atoms with Crippen molar-refractivity contribution in [2.75, 3.05) is 18.4 Å². The van der Waals surface area contributed by atoms with Crippen molar-refractivity contribution < 1.29 is 4.79 Å². The highest BCUT2D eigenvalue weighted by atomic mass is 16.1. The summed E-state index contributed by atoms with van der Waals surface area (Å²) in [7, 11) is 0. The van der Waals surface area contributed by atoms with E-state index >= 15 is 0 Å². The van der Waals surface area contributed by atoms with Gasteiger partial charge in [-0.2, -0.15) is 0 Å². The van der Waals surface area contributed by atoms with Crippen LogP contribution in [0, 0.1) is 5.92 Å². The van der Waals surface area contributed by atoms with Crippen molar-refractivity contribution in [3.63, 3.8) is 0 Å². The minimum absolute atomic E-state index is 0.0783. The molecular formula is C17H27N3O. The summed E-state index contributed by atoms with van der Waals surface area (Å²) in [6.45, 7) is 7.02. The van der Waals surface area contributed by atoms with Gasteiger partial charge in [-0.1, -0.05) is 19.1 Å². The lowest BCUT2D eigenvalue weighted by Gasteiger charge is -2.37. The van der Waals surface area contributed by atoms with Crippen LogP contribution in [0.2, 0.25) is 0 Å². The highest BCUT2D eigenvalue weighted by molar-refractivity contribution is 5.90. The SMILES string of the molecule is CC1CCCN(CCC(=O)Nc2cccc(CN)c2)C1C. The van der Waals surface area contributed by atoms with E-state index in [1.54, 1.807) is 0 Å². The summed E-state index contributed by atoms with van der Waals surface area (Å²) >= 11 is 0. The Morgan fingerprint density at radius 3 is 3.00 bits per heavy atom. The fourth-order valence-electron chi connectivity index (χ4n) is 2.98. The quantitative estimate of drug-likeness (QED) is 0.876. The second-order valence-electron chi connectivity index (χ2n) is 6.10. The molecular weight excluding hydrogens is 262 g/mol. The van der Waals surface area contributed by atoms with E-state index in [0.717, 1.165) is 30.3 Å². The molecule has 1 amide bonds. The van der Waals surface area contributed by atoms with Gasteiger partial charge in [0.05, 0.1) is 0 Å². The smallest absolute Gasteiger partial charge is 0.225 e. The molecule has 1 saturated heterocycles. The third-order valence-corrected chi connectivity index (χ3v) is 4.58. The van der Waals surface area contributed by atoms with Crippen molar-refractivity contribution >= 4 is 11.6 Å². The second kappa shape index (κ2) is 7.57. The molecule has 1 heterocycles. The third-order valence-electron chi connectivity index (χ3n) is 4.58. The molecule has 0 radical (unpaired) electrons. The summed E-state index contributed by atoms with van der Waals surface area (Å²) in [6, 6.07) is 8.30. The zero-order valence-corrected chi connectivity index (χ0v) is 13.1. The topological polar surface area (TPSA) is 58.4 Å².